The van der Waals surface area contributed by atoms with Gasteiger partial charge in [0.2, 0.25) is 0 Å². The molecule has 0 unspecified atom stereocenters. The Morgan fingerprint density at radius 2 is 2.10 bits per heavy atom. The zero-order valence-electron chi connectivity index (χ0n) is 10.8. The summed E-state index contributed by atoms with van der Waals surface area (Å²) in [6.45, 7) is 1.90. The lowest BCUT2D eigenvalue weighted by molar-refractivity contribution is -0.140. The summed E-state index contributed by atoms with van der Waals surface area (Å²) < 4.78 is 50.8. The van der Waals surface area contributed by atoms with Gasteiger partial charge >= 0.3 is 6.18 Å². The molecule has 0 aliphatic carbocycles. The van der Waals surface area contributed by atoms with Crippen LogP contribution < -0.4 is 5.32 Å². The van der Waals surface area contributed by atoms with Gasteiger partial charge < -0.3 is 5.32 Å². The van der Waals surface area contributed by atoms with Gasteiger partial charge in [-0.15, -0.1) is 11.3 Å². The molecule has 0 spiro atoms. The Labute approximate surface area is 121 Å². The zero-order valence-corrected chi connectivity index (χ0v) is 11.6. The highest BCUT2D eigenvalue weighted by Gasteiger charge is 2.34. The number of hydrogen-bond acceptors (Lipinski definition) is 3. The fraction of sp³-hybridized carbons (Fsp3) is 0.231. The Bertz CT molecular complexity index is 666. The number of nitrogens with one attached hydrogen (secondary N) is 1. The molecule has 0 aliphatic rings. The summed E-state index contributed by atoms with van der Waals surface area (Å²) in [5.41, 5.74) is -0.914. The van der Waals surface area contributed by atoms with Crippen LogP contribution >= 0.6 is 11.3 Å². The number of amides is 1. The maximum atomic E-state index is 13.1. The summed E-state index contributed by atoms with van der Waals surface area (Å²) in [5, 5.41) is 4.88. The Hall–Kier alpha value is -1.96. The highest BCUT2D eigenvalue weighted by Crippen LogP contribution is 2.31. The van der Waals surface area contributed by atoms with Crippen molar-refractivity contribution in [2.75, 3.05) is 0 Å². The van der Waals surface area contributed by atoms with Gasteiger partial charge in [0, 0.05) is 16.6 Å². The molecule has 1 amide bonds. The molecular weight excluding hydrogens is 308 g/mol. The van der Waals surface area contributed by atoms with Crippen LogP contribution in [0.2, 0.25) is 0 Å². The summed E-state index contributed by atoms with van der Waals surface area (Å²) in [6.07, 6.45) is -4.84. The molecule has 0 radical (unpaired) electrons. The first-order valence-electron chi connectivity index (χ1n) is 5.83. The second kappa shape index (κ2) is 5.80. The van der Waals surface area contributed by atoms with Gasteiger partial charge in [-0.3, -0.25) is 4.79 Å². The van der Waals surface area contributed by atoms with Crippen LogP contribution in [0, 0.1) is 12.7 Å². The van der Waals surface area contributed by atoms with Crippen LogP contribution in [0.4, 0.5) is 17.6 Å². The van der Waals surface area contributed by atoms with Crippen LogP contribution in [0.25, 0.3) is 0 Å². The van der Waals surface area contributed by atoms with E-state index < -0.39 is 23.5 Å². The molecule has 1 aromatic heterocycles. The molecule has 0 saturated carbocycles. The lowest BCUT2D eigenvalue weighted by atomic mass is 10.1. The van der Waals surface area contributed by atoms with E-state index in [0.717, 1.165) is 11.8 Å². The Morgan fingerprint density at radius 3 is 2.67 bits per heavy atom. The quantitative estimate of drug-likeness (QED) is 0.880. The number of alkyl halides is 3. The zero-order chi connectivity index (χ0) is 15.6. The minimum absolute atomic E-state index is 0.107. The second-order valence-corrected chi connectivity index (χ2v) is 5.20. The third kappa shape index (κ3) is 3.78. The summed E-state index contributed by atoms with van der Waals surface area (Å²) >= 11 is 1.33. The van der Waals surface area contributed by atoms with Gasteiger partial charge in [0.25, 0.3) is 5.91 Å². The van der Waals surface area contributed by atoms with Gasteiger partial charge in [-0.05, 0) is 25.1 Å². The third-order valence-electron chi connectivity index (χ3n) is 2.60. The van der Waals surface area contributed by atoms with Gasteiger partial charge in [0.1, 0.15) is 10.8 Å². The van der Waals surface area contributed by atoms with Gasteiger partial charge in [0.15, 0.2) is 0 Å². The Morgan fingerprint density at radius 1 is 1.38 bits per heavy atom. The van der Waals surface area contributed by atoms with Crippen LogP contribution in [0.5, 0.6) is 0 Å². The number of thiazole rings is 1. The van der Waals surface area contributed by atoms with Crippen LogP contribution in [0.1, 0.15) is 26.6 Å². The van der Waals surface area contributed by atoms with E-state index in [1.165, 1.54) is 11.3 Å². The van der Waals surface area contributed by atoms with E-state index in [-0.39, 0.29) is 12.1 Å². The molecule has 112 valence electrons. The minimum Gasteiger partial charge on any atom is -0.346 e. The summed E-state index contributed by atoms with van der Waals surface area (Å²) in [6, 6.07) is 2.13. The van der Waals surface area contributed by atoms with E-state index in [1.54, 1.807) is 12.3 Å². The smallest absolute Gasteiger partial charge is 0.346 e. The van der Waals surface area contributed by atoms with Crippen molar-refractivity contribution in [2.45, 2.75) is 19.6 Å². The van der Waals surface area contributed by atoms with Crippen LogP contribution in [0.3, 0.4) is 0 Å². The third-order valence-corrected chi connectivity index (χ3v) is 3.57. The monoisotopic (exact) mass is 318 g/mol. The molecular formula is C13H10F4N2OS. The van der Waals surface area contributed by atoms with Crippen molar-refractivity contribution in [2.24, 2.45) is 0 Å². The van der Waals surface area contributed by atoms with Crippen molar-refractivity contribution >= 4 is 17.2 Å². The first-order chi connectivity index (χ1) is 9.77. The number of aromatic nitrogens is 1. The predicted octanol–water partition coefficient (Wildman–Crippen LogP) is 3.54. The van der Waals surface area contributed by atoms with Crippen molar-refractivity contribution in [1.82, 2.24) is 10.3 Å². The molecule has 1 N–H and O–H groups in total. The molecule has 0 atom stereocenters. The van der Waals surface area contributed by atoms with E-state index in [9.17, 15) is 22.4 Å². The van der Waals surface area contributed by atoms with Gasteiger partial charge in [-0.25, -0.2) is 9.37 Å². The summed E-state index contributed by atoms with van der Waals surface area (Å²) in [7, 11) is 0. The van der Waals surface area contributed by atoms with E-state index >= 15 is 0 Å². The van der Waals surface area contributed by atoms with Crippen molar-refractivity contribution in [3.05, 3.63) is 51.2 Å². The first-order valence-corrected chi connectivity index (χ1v) is 6.71. The van der Waals surface area contributed by atoms with Gasteiger partial charge in [0.05, 0.1) is 12.1 Å². The molecule has 21 heavy (non-hydrogen) atoms. The van der Waals surface area contributed by atoms with Crippen molar-refractivity contribution < 1.29 is 22.4 Å². The van der Waals surface area contributed by atoms with Crippen molar-refractivity contribution in [1.29, 1.82) is 0 Å². The maximum Gasteiger partial charge on any atom is 0.419 e. The lowest BCUT2D eigenvalue weighted by Crippen LogP contribution is -2.23. The van der Waals surface area contributed by atoms with Crippen molar-refractivity contribution in [3.8, 4) is 0 Å². The number of hydrogen-bond donors (Lipinski definition) is 1. The van der Waals surface area contributed by atoms with Gasteiger partial charge in [-0.2, -0.15) is 13.2 Å². The molecule has 3 nitrogen and oxygen atoms in total. The summed E-state index contributed by atoms with van der Waals surface area (Å²) in [4.78, 5) is 15.9. The molecule has 1 heterocycles. The first kappa shape index (κ1) is 15.4. The number of benzene rings is 1. The van der Waals surface area contributed by atoms with E-state index in [0.29, 0.717) is 17.1 Å². The van der Waals surface area contributed by atoms with Crippen molar-refractivity contribution in [3.63, 3.8) is 0 Å². The number of nitrogens with zero attached hydrogens (tertiary/aromatic N) is 1. The van der Waals surface area contributed by atoms with Crippen LogP contribution in [-0.2, 0) is 12.7 Å². The Kier molecular flexibility index (Phi) is 4.26. The number of halogens is 4. The predicted molar refractivity (Wildman–Crippen MR) is 69.4 cm³/mol. The van der Waals surface area contributed by atoms with E-state index in [1.807, 2.05) is 0 Å². The van der Waals surface area contributed by atoms with Gasteiger partial charge in [-0.1, -0.05) is 0 Å². The largest absolute Gasteiger partial charge is 0.419 e. The SMILES string of the molecule is Cc1csc(CNC(=O)c2ccc(F)c(C(F)(F)F)c2)n1. The molecule has 0 aliphatic heterocycles. The molecule has 2 rings (SSSR count). The normalized spacial score (nSPS) is 11.5. The topological polar surface area (TPSA) is 42.0 Å². The lowest BCUT2D eigenvalue weighted by Gasteiger charge is -2.10. The highest BCUT2D eigenvalue weighted by atomic mass is 32.1. The second-order valence-electron chi connectivity index (χ2n) is 4.26. The van der Waals surface area contributed by atoms with Crippen LogP contribution in [0.15, 0.2) is 23.6 Å². The maximum absolute atomic E-state index is 13.1. The average molecular weight is 318 g/mol. The fourth-order valence-corrected chi connectivity index (χ4v) is 2.34. The highest BCUT2D eigenvalue weighted by molar-refractivity contribution is 7.09. The van der Waals surface area contributed by atoms with E-state index in [4.69, 9.17) is 0 Å². The molecule has 1 aromatic carbocycles. The molecule has 0 bridgehead atoms. The number of rotatable bonds is 3. The van der Waals surface area contributed by atoms with E-state index in [2.05, 4.69) is 10.3 Å². The summed E-state index contributed by atoms with van der Waals surface area (Å²) in [5.74, 6) is -2.12. The number of aryl methyl sites for hydroxylation is 1. The fourth-order valence-electron chi connectivity index (χ4n) is 1.63. The molecule has 0 fully saturated rings. The standard InChI is InChI=1S/C13H10F4N2OS/c1-7-6-21-11(19-7)5-18-12(20)8-2-3-10(14)9(4-8)13(15,16)17/h2-4,6H,5H2,1H3,(H,18,20). The molecule has 8 heteroatoms. The Balaban J connectivity index is 2.12. The number of carbonyl (C=O) groups is 1. The molecule has 0 saturated heterocycles. The number of carbonyl (C=O) groups excluding carboxylic acids is 1. The van der Waals surface area contributed by atoms with Crippen LogP contribution in [-0.4, -0.2) is 10.9 Å². The average Bonchev–Trinajstić information content (AvgIpc) is 2.81. The minimum atomic E-state index is -4.84. The molecule has 2 aromatic rings.